The third-order valence-electron chi connectivity index (χ3n) is 2.70. The fourth-order valence-electron chi connectivity index (χ4n) is 1.69. The fraction of sp³-hybridized carbons (Fsp3) is 0.364. The van der Waals surface area contributed by atoms with Crippen LogP contribution >= 0.6 is 0 Å². The van der Waals surface area contributed by atoms with Gasteiger partial charge in [-0.25, -0.2) is 9.50 Å². The van der Waals surface area contributed by atoms with Crippen molar-refractivity contribution in [3.8, 4) is 0 Å². The van der Waals surface area contributed by atoms with Crippen molar-refractivity contribution < 1.29 is 14.7 Å². The Bertz CT molecular complexity index is 636. The van der Waals surface area contributed by atoms with Crippen LogP contribution in [0, 0.1) is 0 Å². The average Bonchev–Trinajstić information content (AvgIpc) is 2.85. The van der Waals surface area contributed by atoms with Gasteiger partial charge in [0.05, 0.1) is 11.3 Å². The molecule has 2 N–H and O–H groups in total. The molecular formula is C11H13N5O3. The summed E-state index contributed by atoms with van der Waals surface area (Å²) in [6.45, 7) is 3.27. The van der Waals surface area contributed by atoms with Crippen LogP contribution in [0.1, 0.15) is 29.9 Å². The first-order chi connectivity index (χ1) is 9.04. The number of carboxylic acids is 1. The van der Waals surface area contributed by atoms with E-state index in [9.17, 15) is 9.59 Å². The molecule has 0 aliphatic carbocycles. The van der Waals surface area contributed by atoms with E-state index in [0.717, 1.165) is 0 Å². The highest BCUT2D eigenvalue weighted by Crippen LogP contribution is 2.10. The second-order valence-electron chi connectivity index (χ2n) is 3.98. The number of hydrogen-bond donors (Lipinski definition) is 2. The molecule has 19 heavy (non-hydrogen) atoms. The highest BCUT2D eigenvalue weighted by molar-refractivity contribution is 5.97. The number of aromatic nitrogens is 4. The summed E-state index contributed by atoms with van der Waals surface area (Å²) in [5, 5.41) is 15.2. The lowest BCUT2D eigenvalue weighted by Crippen LogP contribution is -2.39. The van der Waals surface area contributed by atoms with Gasteiger partial charge in [-0.1, -0.05) is 6.92 Å². The van der Waals surface area contributed by atoms with Gasteiger partial charge in [0.25, 0.3) is 11.7 Å². The molecule has 0 aliphatic heterocycles. The summed E-state index contributed by atoms with van der Waals surface area (Å²) in [4.78, 5) is 30.7. The van der Waals surface area contributed by atoms with E-state index in [-0.39, 0.29) is 0 Å². The van der Waals surface area contributed by atoms with Crippen LogP contribution in [-0.2, 0) is 11.2 Å². The van der Waals surface area contributed by atoms with Crippen molar-refractivity contribution in [2.75, 3.05) is 0 Å². The largest absolute Gasteiger partial charge is 0.480 e. The van der Waals surface area contributed by atoms with Gasteiger partial charge < -0.3 is 10.4 Å². The van der Waals surface area contributed by atoms with E-state index in [1.54, 1.807) is 0 Å². The second kappa shape index (κ2) is 5.01. The van der Waals surface area contributed by atoms with E-state index in [1.165, 1.54) is 24.0 Å². The summed E-state index contributed by atoms with van der Waals surface area (Å²) in [7, 11) is 0. The number of fused-ring (bicyclic) bond motifs is 1. The summed E-state index contributed by atoms with van der Waals surface area (Å²) in [5.74, 6) is -1.18. The van der Waals surface area contributed by atoms with Gasteiger partial charge in [0.15, 0.2) is 0 Å². The Morgan fingerprint density at radius 1 is 1.47 bits per heavy atom. The maximum atomic E-state index is 12.0. The Morgan fingerprint density at radius 3 is 2.84 bits per heavy atom. The molecule has 0 fully saturated rings. The van der Waals surface area contributed by atoms with Crippen LogP contribution in [0.15, 0.2) is 12.5 Å². The molecule has 100 valence electrons. The number of carbonyl (C=O) groups excluding carboxylic acids is 1. The van der Waals surface area contributed by atoms with Crippen molar-refractivity contribution in [2.45, 2.75) is 26.3 Å². The maximum Gasteiger partial charge on any atom is 0.325 e. The van der Waals surface area contributed by atoms with Gasteiger partial charge in [-0.2, -0.15) is 10.1 Å². The van der Waals surface area contributed by atoms with Gasteiger partial charge in [0, 0.05) is 6.20 Å². The van der Waals surface area contributed by atoms with Gasteiger partial charge in [-0.3, -0.25) is 9.59 Å². The molecule has 0 saturated carbocycles. The Labute approximate surface area is 108 Å². The lowest BCUT2D eigenvalue weighted by atomic mass is 10.1. The average molecular weight is 263 g/mol. The minimum atomic E-state index is -1.10. The molecule has 1 atom stereocenters. The van der Waals surface area contributed by atoms with E-state index >= 15 is 0 Å². The number of aryl methyl sites for hydroxylation is 1. The molecule has 2 aromatic rings. The number of amides is 1. The SMILES string of the molecule is CCc1c(C(=O)NC(C)C(=O)O)cnc2ncnn12. The molecule has 1 amide bonds. The standard InChI is InChI=1S/C11H13N5O3/c1-3-8-7(9(17)15-6(2)10(18)19)4-12-11-13-5-14-16(8)11/h4-6H,3H2,1-2H3,(H,15,17)(H,18,19). The highest BCUT2D eigenvalue weighted by Gasteiger charge is 2.19. The quantitative estimate of drug-likeness (QED) is 0.796. The molecule has 2 aromatic heterocycles. The van der Waals surface area contributed by atoms with Gasteiger partial charge in [0.1, 0.15) is 12.4 Å². The van der Waals surface area contributed by atoms with E-state index < -0.39 is 17.9 Å². The van der Waals surface area contributed by atoms with Crippen molar-refractivity contribution in [2.24, 2.45) is 0 Å². The summed E-state index contributed by atoms with van der Waals surface area (Å²) in [6.07, 6.45) is 3.28. The third kappa shape index (κ3) is 2.37. The lowest BCUT2D eigenvalue weighted by Gasteiger charge is -2.12. The van der Waals surface area contributed by atoms with Gasteiger partial charge in [-0.15, -0.1) is 0 Å². The molecule has 2 rings (SSSR count). The number of nitrogens with zero attached hydrogens (tertiary/aromatic N) is 4. The van der Waals surface area contributed by atoms with Crippen molar-refractivity contribution >= 4 is 17.7 Å². The molecule has 0 radical (unpaired) electrons. The first-order valence-corrected chi connectivity index (χ1v) is 5.75. The summed E-state index contributed by atoms with van der Waals surface area (Å²) in [5.41, 5.74) is 0.936. The number of carboxylic acid groups (broad SMARTS) is 1. The molecular weight excluding hydrogens is 250 g/mol. The number of aliphatic carboxylic acids is 1. The van der Waals surface area contributed by atoms with Crippen molar-refractivity contribution in [1.82, 2.24) is 24.9 Å². The molecule has 2 heterocycles. The zero-order valence-electron chi connectivity index (χ0n) is 10.5. The molecule has 1 unspecified atom stereocenters. The monoisotopic (exact) mass is 263 g/mol. The van der Waals surface area contributed by atoms with Gasteiger partial charge in [-0.05, 0) is 13.3 Å². The molecule has 0 aromatic carbocycles. The van der Waals surface area contributed by atoms with Crippen LogP contribution in [-0.4, -0.2) is 42.6 Å². The Morgan fingerprint density at radius 2 is 2.21 bits per heavy atom. The fourth-order valence-corrected chi connectivity index (χ4v) is 1.69. The zero-order valence-corrected chi connectivity index (χ0v) is 10.5. The topological polar surface area (TPSA) is 109 Å². The summed E-state index contributed by atoms with van der Waals surface area (Å²) in [6, 6.07) is -0.969. The van der Waals surface area contributed by atoms with Crippen LogP contribution in [0.2, 0.25) is 0 Å². The smallest absolute Gasteiger partial charge is 0.325 e. The molecule has 0 aliphatic rings. The zero-order chi connectivity index (χ0) is 14.0. The lowest BCUT2D eigenvalue weighted by molar-refractivity contribution is -0.138. The predicted octanol–water partition coefficient (Wildman–Crippen LogP) is -0.110. The highest BCUT2D eigenvalue weighted by atomic mass is 16.4. The predicted molar refractivity (Wildman–Crippen MR) is 64.7 cm³/mol. The van der Waals surface area contributed by atoms with Crippen molar-refractivity contribution in [3.05, 3.63) is 23.8 Å². The number of nitrogens with one attached hydrogen (secondary N) is 1. The third-order valence-corrected chi connectivity index (χ3v) is 2.70. The van der Waals surface area contributed by atoms with E-state index in [0.29, 0.717) is 23.5 Å². The van der Waals surface area contributed by atoms with Crippen molar-refractivity contribution in [1.29, 1.82) is 0 Å². The molecule has 0 spiro atoms. The van der Waals surface area contributed by atoms with Crippen LogP contribution in [0.25, 0.3) is 5.78 Å². The first kappa shape index (κ1) is 12.9. The van der Waals surface area contributed by atoms with Crippen molar-refractivity contribution in [3.63, 3.8) is 0 Å². The molecule has 8 heteroatoms. The van der Waals surface area contributed by atoms with Gasteiger partial charge >= 0.3 is 5.97 Å². The Balaban J connectivity index is 2.38. The number of rotatable bonds is 4. The van der Waals surface area contributed by atoms with E-state index in [2.05, 4.69) is 20.4 Å². The maximum absolute atomic E-state index is 12.0. The molecule has 8 nitrogen and oxygen atoms in total. The minimum Gasteiger partial charge on any atom is -0.480 e. The second-order valence-corrected chi connectivity index (χ2v) is 3.98. The number of hydrogen-bond acceptors (Lipinski definition) is 5. The van der Waals surface area contributed by atoms with Crippen LogP contribution in [0.5, 0.6) is 0 Å². The van der Waals surface area contributed by atoms with E-state index in [1.807, 2.05) is 6.92 Å². The van der Waals surface area contributed by atoms with Gasteiger partial charge in [0.2, 0.25) is 0 Å². The Hall–Kier alpha value is -2.51. The molecule has 0 saturated heterocycles. The minimum absolute atomic E-state index is 0.300. The van der Waals surface area contributed by atoms with Crippen LogP contribution in [0.4, 0.5) is 0 Å². The number of carbonyl (C=O) groups is 2. The van der Waals surface area contributed by atoms with Crippen LogP contribution < -0.4 is 5.32 Å². The normalized spacial score (nSPS) is 12.3. The Kier molecular flexibility index (Phi) is 3.41. The van der Waals surface area contributed by atoms with Crippen LogP contribution in [0.3, 0.4) is 0 Å². The summed E-state index contributed by atoms with van der Waals surface area (Å²) < 4.78 is 1.47. The van der Waals surface area contributed by atoms with E-state index in [4.69, 9.17) is 5.11 Å². The molecule has 0 bridgehead atoms. The summed E-state index contributed by atoms with van der Waals surface area (Å²) >= 11 is 0. The first-order valence-electron chi connectivity index (χ1n) is 5.75.